The highest BCUT2D eigenvalue weighted by Crippen LogP contribution is 2.32. The van der Waals surface area contributed by atoms with Crippen LogP contribution < -0.4 is 10.3 Å². The number of nitrogens with one attached hydrogen (secondary N) is 1. The Balaban J connectivity index is 2.41. The molecule has 0 aliphatic carbocycles. The third kappa shape index (κ3) is 2.23. The summed E-state index contributed by atoms with van der Waals surface area (Å²) in [7, 11) is 1.56. The smallest absolute Gasteiger partial charge is 0.262 e. The van der Waals surface area contributed by atoms with Gasteiger partial charge >= 0.3 is 0 Å². The van der Waals surface area contributed by atoms with Crippen LogP contribution in [0.1, 0.15) is 19.9 Å². The van der Waals surface area contributed by atoms with Gasteiger partial charge in [0.1, 0.15) is 5.75 Å². The Morgan fingerprint density at radius 1 is 1.41 bits per heavy atom. The van der Waals surface area contributed by atoms with E-state index in [1.807, 2.05) is 13.8 Å². The highest BCUT2D eigenvalue weighted by molar-refractivity contribution is 7.71. The third-order valence-corrected chi connectivity index (χ3v) is 3.76. The molecule has 3 aromatic rings. The minimum absolute atomic E-state index is 0.0310. The lowest BCUT2D eigenvalue weighted by atomic mass is 10.1. The first kappa shape index (κ1) is 14.5. The second kappa shape index (κ2) is 5.42. The van der Waals surface area contributed by atoms with Gasteiger partial charge < -0.3 is 14.1 Å². The topological polar surface area (TPSA) is 73.0 Å². The first-order chi connectivity index (χ1) is 10.5. The Labute approximate surface area is 131 Å². The largest absolute Gasteiger partial charge is 0.496 e. The number of ether oxygens (including phenoxy) is 1. The quantitative estimate of drug-likeness (QED) is 0.750. The van der Waals surface area contributed by atoms with Crippen molar-refractivity contribution in [3.8, 4) is 17.1 Å². The fourth-order valence-corrected chi connectivity index (χ4v) is 2.84. The molecule has 2 aromatic heterocycles. The molecule has 114 valence electrons. The van der Waals surface area contributed by atoms with Gasteiger partial charge in [-0.05, 0) is 32.1 Å². The molecule has 22 heavy (non-hydrogen) atoms. The van der Waals surface area contributed by atoms with Crippen LogP contribution in [0.4, 0.5) is 0 Å². The second-order valence-electron chi connectivity index (χ2n) is 5.16. The molecule has 0 atom stereocenters. The van der Waals surface area contributed by atoms with Gasteiger partial charge in [0.15, 0.2) is 16.9 Å². The van der Waals surface area contributed by atoms with Crippen molar-refractivity contribution in [2.75, 3.05) is 7.11 Å². The number of rotatable bonds is 3. The molecule has 0 unspecified atom stereocenters. The number of hydrogen-bond donors (Lipinski definition) is 1. The maximum atomic E-state index is 12.7. The van der Waals surface area contributed by atoms with Gasteiger partial charge in [0.05, 0.1) is 29.8 Å². The zero-order valence-electron chi connectivity index (χ0n) is 12.4. The maximum Gasteiger partial charge on any atom is 0.262 e. The molecule has 1 aromatic carbocycles. The summed E-state index contributed by atoms with van der Waals surface area (Å²) in [6, 6.07) is 3.45. The number of oxazole rings is 1. The highest BCUT2D eigenvalue weighted by Gasteiger charge is 2.15. The fourth-order valence-electron chi connectivity index (χ4n) is 2.44. The monoisotopic (exact) mass is 317 g/mol. The third-order valence-electron chi connectivity index (χ3n) is 3.46. The summed E-state index contributed by atoms with van der Waals surface area (Å²) in [5.74, 6) is 1.12. The van der Waals surface area contributed by atoms with E-state index in [1.54, 1.807) is 30.0 Å². The van der Waals surface area contributed by atoms with Crippen molar-refractivity contribution in [1.29, 1.82) is 0 Å². The molecule has 0 aliphatic rings. The SMILES string of the molecule is COc1cc2[nH]c(=S)n(C(C)C)c(=O)c2cc1-c1cnco1. The summed E-state index contributed by atoms with van der Waals surface area (Å²) in [5.41, 5.74) is 1.16. The van der Waals surface area contributed by atoms with Crippen molar-refractivity contribution in [2.24, 2.45) is 0 Å². The molecule has 2 heterocycles. The van der Waals surface area contributed by atoms with E-state index in [4.69, 9.17) is 21.4 Å². The first-order valence-electron chi connectivity index (χ1n) is 6.78. The lowest BCUT2D eigenvalue weighted by molar-refractivity contribution is 0.415. The number of hydrogen-bond acceptors (Lipinski definition) is 5. The molecule has 3 rings (SSSR count). The number of aromatic nitrogens is 3. The molecule has 0 saturated heterocycles. The van der Waals surface area contributed by atoms with E-state index >= 15 is 0 Å². The van der Waals surface area contributed by atoms with E-state index in [1.165, 1.54) is 6.39 Å². The van der Waals surface area contributed by atoms with Crippen molar-refractivity contribution in [3.63, 3.8) is 0 Å². The predicted octanol–water partition coefficient (Wildman–Crippen LogP) is 3.30. The van der Waals surface area contributed by atoms with Gasteiger partial charge in [-0.25, -0.2) is 4.98 Å². The number of aromatic amines is 1. The van der Waals surface area contributed by atoms with E-state index in [0.717, 1.165) is 0 Å². The summed E-state index contributed by atoms with van der Waals surface area (Å²) in [6.07, 6.45) is 2.92. The molecule has 0 radical (unpaired) electrons. The van der Waals surface area contributed by atoms with E-state index in [9.17, 15) is 4.79 Å². The summed E-state index contributed by atoms with van der Waals surface area (Å²) in [5, 5.41) is 0.523. The van der Waals surface area contributed by atoms with Crippen molar-refractivity contribution in [2.45, 2.75) is 19.9 Å². The zero-order chi connectivity index (χ0) is 15.9. The second-order valence-corrected chi connectivity index (χ2v) is 5.55. The van der Waals surface area contributed by atoms with Crippen LogP contribution in [0.5, 0.6) is 5.75 Å². The molecular weight excluding hydrogens is 302 g/mol. The molecule has 6 nitrogen and oxygen atoms in total. The Morgan fingerprint density at radius 3 is 2.77 bits per heavy atom. The molecule has 0 spiro atoms. The number of benzene rings is 1. The molecule has 1 N–H and O–H groups in total. The van der Waals surface area contributed by atoms with Crippen LogP contribution in [0.3, 0.4) is 0 Å². The van der Waals surface area contributed by atoms with Crippen LogP contribution in [-0.4, -0.2) is 21.6 Å². The predicted molar refractivity (Wildman–Crippen MR) is 85.8 cm³/mol. The molecule has 0 aliphatic heterocycles. The van der Waals surface area contributed by atoms with Crippen molar-refractivity contribution in [3.05, 3.63) is 39.8 Å². The lowest BCUT2D eigenvalue weighted by Gasteiger charge is -2.13. The van der Waals surface area contributed by atoms with E-state index in [-0.39, 0.29) is 11.6 Å². The van der Waals surface area contributed by atoms with Gasteiger partial charge in [0, 0.05) is 12.1 Å². The molecule has 0 amide bonds. The molecule has 0 bridgehead atoms. The maximum absolute atomic E-state index is 12.7. The van der Waals surface area contributed by atoms with Gasteiger partial charge in [0.25, 0.3) is 5.56 Å². The minimum atomic E-state index is -0.142. The highest BCUT2D eigenvalue weighted by atomic mass is 32.1. The molecule has 0 fully saturated rings. The van der Waals surface area contributed by atoms with Crippen molar-refractivity contribution < 1.29 is 9.15 Å². The average molecular weight is 317 g/mol. The van der Waals surface area contributed by atoms with Crippen molar-refractivity contribution in [1.82, 2.24) is 14.5 Å². The van der Waals surface area contributed by atoms with Gasteiger partial charge in [-0.15, -0.1) is 0 Å². The molecular formula is C15H15N3O3S. The summed E-state index contributed by atoms with van der Waals surface area (Å²) in [6.45, 7) is 3.83. The Morgan fingerprint density at radius 2 is 2.18 bits per heavy atom. The van der Waals surface area contributed by atoms with E-state index < -0.39 is 0 Å². The van der Waals surface area contributed by atoms with Gasteiger partial charge in [0.2, 0.25) is 0 Å². The molecule has 7 heteroatoms. The average Bonchev–Trinajstić information content (AvgIpc) is 2.99. The summed E-state index contributed by atoms with van der Waals surface area (Å²) in [4.78, 5) is 19.7. The number of H-pyrrole nitrogens is 1. The van der Waals surface area contributed by atoms with Crippen LogP contribution in [0, 0.1) is 4.77 Å². The van der Waals surface area contributed by atoms with Crippen LogP contribution in [0.2, 0.25) is 0 Å². The van der Waals surface area contributed by atoms with Crippen LogP contribution >= 0.6 is 12.2 Å². The standard InChI is InChI=1S/C15H15N3O3S/c1-8(2)18-14(19)9-4-10(13-6-16-7-21-13)12(20-3)5-11(9)17-15(18)22/h4-8H,1-3H3,(H,17,22). The van der Waals surface area contributed by atoms with Crippen LogP contribution in [0.15, 0.2) is 33.9 Å². The van der Waals surface area contributed by atoms with Crippen LogP contribution in [0.25, 0.3) is 22.2 Å². The summed E-state index contributed by atoms with van der Waals surface area (Å²) >= 11 is 5.27. The number of fused-ring (bicyclic) bond motifs is 1. The zero-order valence-corrected chi connectivity index (χ0v) is 13.2. The normalized spacial score (nSPS) is 11.3. The Kier molecular flexibility index (Phi) is 3.58. The number of nitrogens with zero attached hydrogens (tertiary/aromatic N) is 2. The van der Waals surface area contributed by atoms with Gasteiger partial charge in [-0.2, -0.15) is 0 Å². The molecule has 0 saturated carbocycles. The summed E-state index contributed by atoms with van der Waals surface area (Å²) < 4.78 is 12.6. The van der Waals surface area contributed by atoms with Crippen molar-refractivity contribution >= 4 is 23.1 Å². The van der Waals surface area contributed by atoms with E-state index in [0.29, 0.717) is 32.7 Å². The lowest BCUT2D eigenvalue weighted by Crippen LogP contribution is -2.23. The number of methoxy groups -OCH3 is 1. The van der Waals surface area contributed by atoms with Gasteiger partial charge in [-0.1, -0.05) is 0 Å². The Hall–Kier alpha value is -2.41. The van der Waals surface area contributed by atoms with E-state index in [2.05, 4.69) is 9.97 Å². The van der Waals surface area contributed by atoms with Gasteiger partial charge in [-0.3, -0.25) is 9.36 Å². The fraction of sp³-hybridized carbons (Fsp3) is 0.267. The Bertz CT molecular complexity index is 939. The minimum Gasteiger partial charge on any atom is -0.496 e. The first-order valence-corrected chi connectivity index (χ1v) is 7.19. The van der Waals surface area contributed by atoms with Crippen LogP contribution in [-0.2, 0) is 0 Å².